The zero-order valence-corrected chi connectivity index (χ0v) is 15.0. The molecule has 1 rings (SSSR count). The Kier molecular flexibility index (Phi) is 6.09. The minimum atomic E-state index is -4.50. The first-order chi connectivity index (χ1) is 11.2. The van der Waals surface area contributed by atoms with Crippen molar-refractivity contribution in [2.75, 3.05) is 11.9 Å². The van der Waals surface area contributed by atoms with Gasteiger partial charge in [-0.3, -0.25) is 4.79 Å². The van der Waals surface area contributed by atoms with Gasteiger partial charge in [-0.05, 0) is 37.5 Å². The van der Waals surface area contributed by atoms with Gasteiger partial charge in [0.2, 0.25) is 5.91 Å². The molecule has 0 unspecified atom stereocenters. The van der Waals surface area contributed by atoms with Gasteiger partial charge >= 0.3 is 12.2 Å². The number of hydrogen-bond acceptors (Lipinski definition) is 2. The van der Waals surface area contributed by atoms with Crippen LogP contribution in [-0.4, -0.2) is 24.0 Å². The first-order valence-electron chi connectivity index (χ1n) is 7.75. The Hall–Kier alpha value is -2.25. The van der Waals surface area contributed by atoms with Crippen molar-refractivity contribution in [3.8, 4) is 0 Å². The zero-order chi connectivity index (χ0) is 19.5. The summed E-state index contributed by atoms with van der Waals surface area (Å²) in [5.41, 5.74) is -2.23. The molecule has 0 aliphatic carbocycles. The Morgan fingerprint density at radius 3 is 2.16 bits per heavy atom. The summed E-state index contributed by atoms with van der Waals surface area (Å²) in [6.45, 7) is 9.30. The molecule has 140 valence electrons. The van der Waals surface area contributed by atoms with E-state index in [-0.39, 0.29) is 17.0 Å². The van der Waals surface area contributed by atoms with E-state index in [2.05, 4.69) is 16.0 Å². The van der Waals surface area contributed by atoms with E-state index in [1.54, 1.807) is 0 Å². The second-order valence-corrected chi connectivity index (χ2v) is 7.53. The van der Waals surface area contributed by atoms with Crippen molar-refractivity contribution in [1.29, 1.82) is 0 Å². The minimum Gasteiger partial charge on any atom is -0.354 e. The van der Waals surface area contributed by atoms with Crippen LogP contribution in [0.15, 0.2) is 24.3 Å². The smallest absolute Gasteiger partial charge is 0.354 e. The maximum absolute atomic E-state index is 12.7. The molecular formula is C17H24F3N3O2. The summed E-state index contributed by atoms with van der Waals surface area (Å²) in [4.78, 5) is 24.2. The summed E-state index contributed by atoms with van der Waals surface area (Å²) in [5.74, 6) is -0.387. The molecule has 0 atom stereocenters. The van der Waals surface area contributed by atoms with Crippen molar-refractivity contribution in [3.63, 3.8) is 0 Å². The molecule has 8 heteroatoms. The van der Waals surface area contributed by atoms with Crippen LogP contribution >= 0.6 is 0 Å². The second-order valence-electron chi connectivity index (χ2n) is 7.53. The quantitative estimate of drug-likeness (QED) is 0.766. The summed E-state index contributed by atoms with van der Waals surface area (Å²) >= 11 is 0. The molecule has 0 radical (unpaired) electrons. The van der Waals surface area contributed by atoms with Crippen molar-refractivity contribution < 1.29 is 22.8 Å². The molecule has 0 bridgehead atoms. The van der Waals surface area contributed by atoms with Gasteiger partial charge in [0.25, 0.3) is 0 Å². The van der Waals surface area contributed by atoms with Gasteiger partial charge in [0.15, 0.2) is 0 Å². The predicted octanol–water partition coefficient (Wildman–Crippen LogP) is 3.77. The van der Waals surface area contributed by atoms with Crippen LogP contribution in [-0.2, 0) is 11.0 Å². The van der Waals surface area contributed by atoms with Gasteiger partial charge in [0, 0.05) is 12.2 Å². The third-order valence-electron chi connectivity index (χ3n) is 3.22. The lowest BCUT2D eigenvalue weighted by Crippen LogP contribution is -2.56. The number of rotatable bonds is 4. The van der Waals surface area contributed by atoms with E-state index >= 15 is 0 Å². The summed E-state index contributed by atoms with van der Waals surface area (Å²) in [7, 11) is 0. The standard InChI is InChI=1S/C17H24F3N3O2/c1-15(2,3)10-21-13(24)16(4,5)23-14(25)22-12-8-6-7-11(9-12)17(18,19)20/h6-9H,10H2,1-5H3,(H,21,24)(H2,22,23,25). The van der Waals surface area contributed by atoms with Crippen LogP contribution in [0.3, 0.4) is 0 Å². The lowest BCUT2D eigenvalue weighted by Gasteiger charge is -2.27. The summed E-state index contributed by atoms with van der Waals surface area (Å²) < 4.78 is 38.0. The Morgan fingerprint density at radius 2 is 1.64 bits per heavy atom. The zero-order valence-electron chi connectivity index (χ0n) is 15.0. The fourth-order valence-electron chi connectivity index (χ4n) is 1.84. The number of carbonyl (C=O) groups excluding carboxylic acids is 2. The van der Waals surface area contributed by atoms with E-state index < -0.39 is 23.3 Å². The van der Waals surface area contributed by atoms with Gasteiger partial charge in [-0.15, -0.1) is 0 Å². The molecule has 1 aromatic carbocycles. The summed E-state index contributed by atoms with van der Waals surface area (Å²) in [5, 5.41) is 7.49. The third kappa shape index (κ3) is 7.03. The first kappa shape index (κ1) is 20.8. The fourth-order valence-corrected chi connectivity index (χ4v) is 1.84. The molecule has 5 nitrogen and oxygen atoms in total. The van der Waals surface area contributed by atoms with Crippen molar-refractivity contribution in [3.05, 3.63) is 29.8 Å². The monoisotopic (exact) mass is 359 g/mol. The van der Waals surface area contributed by atoms with Crippen LogP contribution in [0.1, 0.15) is 40.2 Å². The molecular weight excluding hydrogens is 335 g/mol. The Labute approximate surface area is 145 Å². The maximum Gasteiger partial charge on any atom is 0.416 e. The van der Waals surface area contributed by atoms with Crippen molar-refractivity contribution in [2.24, 2.45) is 5.41 Å². The van der Waals surface area contributed by atoms with Crippen molar-refractivity contribution in [2.45, 2.75) is 46.3 Å². The number of alkyl halides is 3. The molecule has 0 spiro atoms. The van der Waals surface area contributed by atoms with E-state index in [9.17, 15) is 22.8 Å². The van der Waals surface area contributed by atoms with Crippen molar-refractivity contribution in [1.82, 2.24) is 10.6 Å². The third-order valence-corrected chi connectivity index (χ3v) is 3.22. The summed E-state index contributed by atoms with van der Waals surface area (Å²) in [6.07, 6.45) is -4.50. The number of urea groups is 1. The van der Waals surface area contributed by atoms with Crippen LogP contribution < -0.4 is 16.0 Å². The molecule has 25 heavy (non-hydrogen) atoms. The van der Waals surface area contributed by atoms with Crippen LogP contribution in [0.25, 0.3) is 0 Å². The van der Waals surface area contributed by atoms with Gasteiger partial charge in [0.05, 0.1) is 5.56 Å². The number of hydrogen-bond donors (Lipinski definition) is 3. The second kappa shape index (κ2) is 7.33. The molecule has 3 N–H and O–H groups in total. The molecule has 0 heterocycles. The maximum atomic E-state index is 12.7. The van der Waals surface area contributed by atoms with E-state index in [4.69, 9.17) is 0 Å². The van der Waals surface area contributed by atoms with E-state index in [0.717, 1.165) is 12.1 Å². The number of carbonyl (C=O) groups is 2. The van der Waals surface area contributed by atoms with Gasteiger partial charge < -0.3 is 16.0 Å². The summed E-state index contributed by atoms with van der Waals surface area (Å²) in [6, 6.07) is 3.50. The van der Waals surface area contributed by atoms with Crippen LogP contribution in [0.5, 0.6) is 0 Å². The average Bonchev–Trinajstić information content (AvgIpc) is 2.42. The van der Waals surface area contributed by atoms with E-state index in [1.165, 1.54) is 26.0 Å². The van der Waals surface area contributed by atoms with Gasteiger partial charge in [0.1, 0.15) is 5.54 Å². The molecule has 0 aromatic heterocycles. The highest BCUT2D eigenvalue weighted by molar-refractivity contribution is 5.95. The number of amides is 3. The number of anilines is 1. The molecule has 0 fully saturated rings. The Morgan fingerprint density at radius 1 is 1.04 bits per heavy atom. The molecule has 0 saturated heterocycles. The first-order valence-corrected chi connectivity index (χ1v) is 7.75. The number of nitrogens with one attached hydrogen (secondary N) is 3. The molecule has 3 amide bonds. The van der Waals surface area contributed by atoms with Crippen LogP contribution in [0.4, 0.5) is 23.7 Å². The topological polar surface area (TPSA) is 70.2 Å². The molecule has 0 aliphatic rings. The molecule has 0 saturated carbocycles. The molecule has 1 aromatic rings. The van der Waals surface area contributed by atoms with Gasteiger partial charge in [-0.25, -0.2) is 4.79 Å². The Bertz CT molecular complexity index is 635. The average molecular weight is 359 g/mol. The van der Waals surface area contributed by atoms with E-state index in [1.807, 2.05) is 20.8 Å². The lowest BCUT2D eigenvalue weighted by molar-refractivity contribution is -0.137. The van der Waals surface area contributed by atoms with E-state index in [0.29, 0.717) is 6.54 Å². The largest absolute Gasteiger partial charge is 0.416 e. The highest BCUT2D eigenvalue weighted by Gasteiger charge is 2.32. The van der Waals surface area contributed by atoms with Crippen molar-refractivity contribution >= 4 is 17.6 Å². The van der Waals surface area contributed by atoms with Crippen LogP contribution in [0.2, 0.25) is 0 Å². The predicted molar refractivity (Wildman–Crippen MR) is 90.1 cm³/mol. The normalized spacial score (nSPS) is 12.5. The van der Waals surface area contributed by atoms with Gasteiger partial charge in [-0.1, -0.05) is 26.8 Å². The Balaban J connectivity index is 2.71. The lowest BCUT2D eigenvalue weighted by atomic mass is 9.96. The highest BCUT2D eigenvalue weighted by Crippen LogP contribution is 2.30. The van der Waals surface area contributed by atoms with Gasteiger partial charge in [-0.2, -0.15) is 13.2 Å². The van der Waals surface area contributed by atoms with Crippen LogP contribution in [0, 0.1) is 5.41 Å². The number of benzene rings is 1. The SMILES string of the molecule is CC(C)(C)CNC(=O)C(C)(C)NC(=O)Nc1cccc(C(F)(F)F)c1. The molecule has 0 aliphatic heterocycles. The minimum absolute atomic E-state index is 0.0155. The number of halogens is 3. The highest BCUT2D eigenvalue weighted by atomic mass is 19.4. The fraction of sp³-hybridized carbons (Fsp3) is 0.529.